The molecule has 0 saturated carbocycles. The highest BCUT2D eigenvalue weighted by molar-refractivity contribution is 5.68. The number of para-hydroxylation sites is 1. The normalized spacial score (nSPS) is 12.5. The van der Waals surface area contributed by atoms with Crippen molar-refractivity contribution in [2.45, 2.75) is 13.2 Å². The van der Waals surface area contributed by atoms with Crippen molar-refractivity contribution in [2.75, 3.05) is 6.79 Å². The Hall–Kier alpha value is -2.86. The Kier molecular flexibility index (Phi) is 3.65. The Balaban J connectivity index is 1.44. The lowest BCUT2D eigenvalue weighted by molar-refractivity contribution is 0.102. The number of ether oxygens (including phenoxy) is 3. The van der Waals surface area contributed by atoms with Crippen molar-refractivity contribution in [3.05, 3.63) is 60.2 Å². The van der Waals surface area contributed by atoms with Gasteiger partial charge in [-0.2, -0.15) is 0 Å². The van der Waals surface area contributed by atoms with Gasteiger partial charge in [-0.1, -0.05) is 12.1 Å². The molecule has 1 aliphatic rings. The minimum Gasteiger partial charge on any atom is -0.454 e. The van der Waals surface area contributed by atoms with Crippen LogP contribution in [0.3, 0.4) is 0 Å². The fourth-order valence-electron chi connectivity index (χ4n) is 2.34. The number of hydrogen-bond acceptors (Lipinski definition) is 6. The molecule has 1 aromatic carbocycles. The fraction of sp³-hybridized carbons (Fsp3) is 0.176. The summed E-state index contributed by atoms with van der Waals surface area (Å²) >= 11 is 0. The summed E-state index contributed by atoms with van der Waals surface area (Å²) in [6, 6.07) is 11.3. The third-order valence-corrected chi connectivity index (χ3v) is 3.40. The van der Waals surface area contributed by atoms with Gasteiger partial charge in [-0.3, -0.25) is 4.98 Å². The van der Waals surface area contributed by atoms with Crippen molar-refractivity contribution in [3.63, 3.8) is 0 Å². The number of benzene rings is 1. The molecule has 0 aliphatic carbocycles. The van der Waals surface area contributed by atoms with Gasteiger partial charge in [-0.05, 0) is 24.3 Å². The van der Waals surface area contributed by atoms with Crippen LogP contribution in [0.5, 0.6) is 11.5 Å². The molecule has 0 radical (unpaired) electrons. The molecule has 0 amide bonds. The SMILES string of the molecule is c1ccc(COCc2coc(-c3cccc4c3OCO4)n2)nc1. The van der Waals surface area contributed by atoms with Crippen LogP contribution in [0, 0.1) is 0 Å². The topological polar surface area (TPSA) is 66.6 Å². The van der Waals surface area contributed by atoms with Crippen LogP contribution < -0.4 is 9.47 Å². The van der Waals surface area contributed by atoms with Gasteiger partial charge < -0.3 is 18.6 Å². The Morgan fingerprint density at radius 3 is 2.87 bits per heavy atom. The number of nitrogens with zero attached hydrogens (tertiary/aromatic N) is 2. The molecule has 0 bridgehead atoms. The molecule has 3 heterocycles. The molecule has 0 N–H and O–H groups in total. The first-order valence-corrected chi connectivity index (χ1v) is 7.21. The van der Waals surface area contributed by atoms with Crippen LogP contribution >= 0.6 is 0 Å². The molecule has 0 atom stereocenters. The van der Waals surface area contributed by atoms with Gasteiger partial charge in [-0.25, -0.2) is 4.98 Å². The Morgan fingerprint density at radius 2 is 1.96 bits per heavy atom. The predicted octanol–water partition coefficient (Wildman–Crippen LogP) is 3.18. The summed E-state index contributed by atoms with van der Waals surface area (Å²) in [6.07, 6.45) is 3.33. The van der Waals surface area contributed by atoms with Crippen molar-refractivity contribution in [2.24, 2.45) is 0 Å². The number of hydrogen-bond donors (Lipinski definition) is 0. The zero-order valence-electron chi connectivity index (χ0n) is 12.3. The smallest absolute Gasteiger partial charge is 0.231 e. The summed E-state index contributed by atoms with van der Waals surface area (Å²) in [5.74, 6) is 1.85. The van der Waals surface area contributed by atoms with Gasteiger partial charge >= 0.3 is 0 Å². The van der Waals surface area contributed by atoms with Crippen molar-refractivity contribution in [1.29, 1.82) is 0 Å². The van der Waals surface area contributed by atoms with Crippen molar-refractivity contribution < 1.29 is 18.6 Å². The van der Waals surface area contributed by atoms with E-state index in [0.717, 1.165) is 11.3 Å². The summed E-state index contributed by atoms with van der Waals surface area (Å²) in [6.45, 7) is 1.00. The second-order valence-electron chi connectivity index (χ2n) is 5.00. The van der Waals surface area contributed by atoms with Crippen molar-refractivity contribution in [1.82, 2.24) is 9.97 Å². The quantitative estimate of drug-likeness (QED) is 0.721. The number of fused-ring (bicyclic) bond motifs is 1. The highest BCUT2D eigenvalue weighted by Crippen LogP contribution is 2.40. The van der Waals surface area contributed by atoms with Gasteiger partial charge in [0.25, 0.3) is 0 Å². The van der Waals surface area contributed by atoms with E-state index in [-0.39, 0.29) is 6.79 Å². The average Bonchev–Trinajstić information content (AvgIpc) is 3.24. The van der Waals surface area contributed by atoms with E-state index in [2.05, 4.69) is 9.97 Å². The molecule has 3 aromatic rings. The summed E-state index contributed by atoms with van der Waals surface area (Å²) in [4.78, 5) is 8.64. The lowest BCUT2D eigenvalue weighted by Gasteiger charge is -2.01. The number of aromatic nitrogens is 2. The maximum absolute atomic E-state index is 5.61. The zero-order valence-corrected chi connectivity index (χ0v) is 12.3. The Bertz CT molecular complexity index is 801. The van der Waals surface area contributed by atoms with Crippen LogP contribution in [-0.4, -0.2) is 16.8 Å². The van der Waals surface area contributed by atoms with Crippen molar-refractivity contribution >= 4 is 0 Å². The lowest BCUT2D eigenvalue weighted by atomic mass is 10.2. The maximum Gasteiger partial charge on any atom is 0.231 e. The van der Waals surface area contributed by atoms with E-state index < -0.39 is 0 Å². The van der Waals surface area contributed by atoms with Crippen LogP contribution in [0.1, 0.15) is 11.4 Å². The second-order valence-corrected chi connectivity index (χ2v) is 5.00. The maximum atomic E-state index is 5.61. The van der Waals surface area contributed by atoms with Gasteiger partial charge in [0.15, 0.2) is 11.5 Å². The van der Waals surface area contributed by atoms with Gasteiger partial charge in [-0.15, -0.1) is 0 Å². The van der Waals surface area contributed by atoms with Crippen molar-refractivity contribution in [3.8, 4) is 23.0 Å². The number of oxazole rings is 1. The first-order valence-electron chi connectivity index (χ1n) is 7.21. The highest BCUT2D eigenvalue weighted by Gasteiger charge is 2.21. The van der Waals surface area contributed by atoms with Crippen LogP contribution in [0.25, 0.3) is 11.5 Å². The largest absolute Gasteiger partial charge is 0.454 e. The van der Waals surface area contributed by atoms with Gasteiger partial charge in [0.1, 0.15) is 12.0 Å². The van der Waals surface area contributed by atoms with Gasteiger partial charge in [0, 0.05) is 6.20 Å². The van der Waals surface area contributed by atoms with Crippen LogP contribution in [0.2, 0.25) is 0 Å². The molecule has 116 valence electrons. The molecule has 1 aliphatic heterocycles. The van der Waals surface area contributed by atoms with E-state index in [1.807, 2.05) is 36.4 Å². The molecule has 0 spiro atoms. The highest BCUT2D eigenvalue weighted by atomic mass is 16.7. The summed E-state index contributed by atoms with van der Waals surface area (Å²) in [5, 5.41) is 0. The number of pyridine rings is 1. The zero-order chi connectivity index (χ0) is 15.5. The third-order valence-electron chi connectivity index (χ3n) is 3.40. The molecular formula is C17H14N2O4. The van der Waals surface area contributed by atoms with E-state index in [4.69, 9.17) is 18.6 Å². The Morgan fingerprint density at radius 1 is 1.00 bits per heavy atom. The first-order chi connectivity index (χ1) is 11.4. The molecule has 4 rings (SSSR count). The molecule has 0 unspecified atom stereocenters. The molecule has 0 fully saturated rings. The van der Waals surface area contributed by atoms with E-state index in [1.165, 1.54) is 0 Å². The summed E-state index contributed by atoms with van der Waals surface area (Å²) in [5.41, 5.74) is 2.37. The minimum absolute atomic E-state index is 0.215. The summed E-state index contributed by atoms with van der Waals surface area (Å²) in [7, 11) is 0. The average molecular weight is 310 g/mol. The molecule has 6 heteroatoms. The molecule has 23 heavy (non-hydrogen) atoms. The number of rotatable bonds is 5. The standard InChI is InChI=1S/C17H14N2O4/c1-2-7-18-12(4-1)8-20-9-13-10-21-17(19-13)14-5-3-6-15-16(14)23-11-22-15/h1-7,10H,8-9,11H2. The summed E-state index contributed by atoms with van der Waals surface area (Å²) < 4.78 is 22.0. The lowest BCUT2D eigenvalue weighted by Crippen LogP contribution is -1.96. The van der Waals surface area contributed by atoms with E-state index in [9.17, 15) is 0 Å². The third kappa shape index (κ3) is 2.89. The van der Waals surface area contributed by atoms with Gasteiger partial charge in [0.05, 0.1) is 24.5 Å². The molecular weight excluding hydrogens is 296 g/mol. The minimum atomic E-state index is 0.215. The Labute approximate surface area is 132 Å². The van der Waals surface area contributed by atoms with E-state index in [1.54, 1.807) is 12.5 Å². The molecule has 6 nitrogen and oxygen atoms in total. The first kappa shape index (κ1) is 13.8. The van der Waals surface area contributed by atoms with Crippen LogP contribution in [0.15, 0.2) is 53.3 Å². The fourth-order valence-corrected chi connectivity index (χ4v) is 2.34. The predicted molar refractivity (Wildman–Crippen MR) is 80.8 cm³/mol. The molecule has 0 saturated heterocycles. The van der Waals surface area contributed by atoms with E-state index in [0.29, 0.717) is 36.3 Å². The second kappa shape index (κ2) is 6.10. The monoisotopic (exact) mass is 310 g/mol. The molecule has 2 aromatic heterocycles. The van der Waals surface area contributed by atoms with Gasteiger partial charge in [0.2, 0.25) is 12.7 Å². The van der Waals surface area contributed by atoms with E-state index >= 15 is 0 Å². The van der Waals surface area contributed by atoms with Crippen LogP contribution in [0.4, 0.5) is 0 Å². The van der Waals surface area contributed by atoms with Crippen LogP contribution in [-0.2, 0) is 18.0 Å².